The number of aliphatic hydroxyl groups is 1. The number of carbonyl (C=O) groups is 5. The van der Waals surface area contributed by atoms with Crippen LogP contribution in [0.4, 0.5) is 4.79 Å². The molecule has 3 N–H and O–H groups in total. The molecule has 0 radical (unpaired) electrons. The normalized spacial score (nSPS) is 22.2. The van der Waals surface area contributed by atoms with Gasteiger partial charge < -0.3 is 39.8 Å². The number of likely N-dealkylation sites (tertiary alicyclic amines) is 1. The zero-order valence-corrected chi connectivity index (χ0v) is 43.4. The minimum atomic E-state index is -0.925. The zero-order chi connectivity index (χ0) is 47.1. The summed E-state index contributed by atoms with van der Waals surface area (Å²) in [6.45, 7) is 15.5. The lowest BCUT2D eigenvalue weighted by Gasteiger charge is -2.41. The van der Waals surface area contributed by atoms with Crippen molar-refractivity contribution in [3.8, 4) is 0 Å². The van der Waals surface area contributed by atoms with Crippen molar-refractivity contribution in [2.24, 2.45) is 23.7 Å². The summed E-state index contributed by atoms with van der Waals surface area (Å²) in [4.78, 5) is 74.8. The monoisotopic (exact) mass is 1030 g/mol. The van der Waals surface area contributed by atoms with E-state index >= 15 is 0 Å². The molecule has 10 atom stereocenters. The van der Waals surface area contributed by atoms with Gasteiger partial charge in [0.2, 0.25) is 23.6 Å². The lowest BCUT2D eigenvalue weighted by Crippen LogP contribution is -2.60. The number of likely N-dealkylation sites (N-methyl/N-ethyl adjacent to an activating group) is 2. The highest BCUT2D eigenvalue weighted by Gasteiger charge is 2.44. The van der Waals surface area contributed by atoms with Crippen LogP contribution in [0.1, 0.15) is 118 Å². The van der Waals surface area contributed by atoms with Crippen molar-refractivity contribution in [2.75, 3.05) is 34.9 Å². The number of rotatable bonds is 23. The Balaban J connectivity index is 1.74. The van der Waals surface area contributed by atoms with Gasteiger partial charge in [0.1, 0.15) is 18.2 Å². The molecule has 1 aliphatic carbocycles. The Kier molecular flexibility index (Phi) is 23.3. The van der Waals surface area contributed by atoms with Crippen LogP contribution in [-0.4, -0.2) is 138 Å². The van der Waals surface area contributed by atoms with E-state index in [1.165, 1.54) is 4.90 Å². The summed E-state index contributed by atoms with van der Waals surface area (Å²) in [6.07, 6.45) is 2.59. The van der Waals surface area contributed by atoms with Crippen LogP contribution in [0.25, 0.3) is 0 Å². The van der Waals surface area contributed by atoms with Crippen molar-refractivity contribution in [1.29, 1.82) is 0 Å². The molecule has 1 saturated heterocycles. The van der Waals surface area contributed by atoms with Crippen molar-refractivity contribution < 1.29 is 43.3 Å². The zero-order valence-electron chi connectivity index (χ0n) is 39.6. The Morgan fingerprint density at radius 2 is 1.51 bits per heavy atom. The Morgan fingerprint density at radius 1 is 0.873 bits per heavy atom. The number of nitrogens with zero attached hydrogens (tertiary/aromatic N) is 3. The Morgan fingerprint density at radius 3 is 2.05 bits per heavy atom. The number of hydrogen-bond acceptors (Lipinski definition) is 11. The third-order valence-electron chi connectivity index (χ3n) is 13.1. The summed E-state index contributed by atoms with van der Waals surface area (Å²) >= 11 is 2.28. The number of halogens is 1. The van der Waals surface area contributed by atoms with Gasteiger partial charge >= 0.3 is 6.09 Å². The average Bonchev–Trinajstić information content (AvgIpc) is 3.75. The van der Waals surface area contributed by atoms with Crippen LogP contribution >= 0.6 is 40.0 Å². The van der Waals surface area contributed by atoms with Crippen LogP contribution in [0, 0.1) is 23.7 Å². The van der Waals surface area contributed by atoms with Crippen molar-refractivity contribution >= 4 is 69.7 Å². The number of methoxy groups -OCH3 is 2. The highest BCUT2D eigenvalue weighted by atomic mass is 127. The maximum absolute atomic E-state index is 14.6. The van der Waals surface area contributed by atoms with Gasteiger partial charge in [0, 0.05) is 61.3 Å². The first-order valence-corrected chi connectivity index (χ1v) is 27.4. The van der Waals surface area contributed by atoms with Gasteiger partial charge in [-0.3, -0.25) is 24.1 Å². The van der Waals surface area contributed by atoms with Gasteiger partial charge in [-0.15, -0.1) is 0 Å². The highest BCUT2D eigenvalue weighted by Crippen LogP contribution is 2.40. The molecule has 0 unspecified atom stereocenters. The van der Waals surface area contributed by atoms with E-state index in [9.17, 15) is 29.1 Å². The molecule has 1 aromatic rings. The van der Waals surface area contributed by atoms with Crippen LogP contribution in [0.3, 0.4) is 0 Å². The second-order valence-corrected chi connectivity index (χ2v) is 23.4. The Bertz CT molecular complexity index is 1610. The molecule has 1 aromatic carbocycles. The van der Waals surface area contributed by atoms with Crippen LogP contribution in [0.2, 0.25) is 0 Å². The number of hydrogen-bond donors (Lipinski definition) is 3. The Hall–Kier alpha value is -2.32. The molecule has 3 rings (SSSR count). The first-order valence-electron chi connectivity index (χ1n) is 22.7. The molecular weight excluding hydrogens is 958 g/mol. The summed E-state index contributed by atoms with van der Waals surface area (Å²) in [5.41, 5.74) is 0.698. The quantitative estimate of drug-likeness (QED) is 0.0738. The number of ether oxygens (including phenoxy) is 3. The first-order chi connectivity index (χ1) is 29.8. The van der Waals surface area contributed by atoms with E-state index in [2.05, 4.69) is 31.8 Å². The molecule has 1 aliphatic heterocycles. The van der Waals surface area contributed by atoms with E-state index in [0.29, 0.717) is 30.2 Å². The van der Waals surface area contributed by atoms with Gasteiger partial charge in [-0.2, -0.15) is 0 Å². The second kappa shape index (κ2) is 26.7. The molecule has 1 saturated carbocycles. The molecule has 63 heavy (non-hydrogen) atoms. The summed E-state index contributed by atoms with van der Waals surface area (Å²) in [6, 6.07) is 5.89. The number of nitrogens with one attached hydrogen (secondary N) is 2. The molecule has 2 aliphatic rings. The van der Waals surface area contributed by atoms with E-state index in [1.807, 2.05) is 82.7 Å². The fourth-order valence-electron chi connectivity index (χ4n) is 9.21. The van der Waals surface area contributed by atoms with Crippen LogP contribution in [0.5, 0.6) is 0 Å². The maximum Gasteiger partial charge on any atom is 0.410 e. The molecule has 0 spiro atoms. The van der Waals surface area contributed by atoms with Gasteiger partial charge in [-0.1, -0.05) is 96.0 Å². The van der Waals surface area contributed by atoms with Gasteiger partial charge in [0.15, 0.2) is 0 Å². The molecule has 5 amide bonds. The lowest BCUT2D eigenvalue weighted by molar-refractivity contribution is -0.148. The predicted octanol–water partition coefficient (Wildman–Crippen LogP) is 7.42. The fourth-order valence-corrected chi connectivity index (χ4v) is 13.3. The summed E-state index contributed by atoms with van der Waals surface area (Å²) < 4.78 is 17.9. The minimum absolute atomic E-state index is 0.0182. The van der Waals surface area contributed by atoms with E-state index in [0.717, 1.165) is 32.1 Å². The third-order valence-corrected chi connectivity index (χ3v) is 16.9. The van der Waals surface area contributed by atoms with E-state index < -0.39 is 60.4 Å². The number of aliphatic hydroxyl groups excluding tert-OH is 1. The molecule has 14 nitrogen and oxygen atoms in total. The number of amides is 5. The molecule has 358 valence electrons. The minimum Gasteiger partial charge on any atom is -0.446 e. The largest absolute Gasteiger partial charge is 0.446 e. The summed E-state index contributed by atoms with van der Waals surface area (Å²) in [5, 5.41) is 17.4. The van der Waals surface area contributed by atoms with Gasteiger partial charge in [-0.25, -0.2) is 4.79 Å². The SMILES string of the molecule is CC[C@H](C)[C@@H]([C@@H](CC(=O)N1CCC[C@H]1[C@H](OC)[C@@H](C)C(=O)N[C@H](C)[C@@H](O)c1ccccc1)OC)N(C)C(=O)[C@@H](NC(=O)[C@H](C(C)C)N(C)C(=O)OC1CCC(SSI)CC1)C(C)C. The Labute approximate surface area is 397 Å². The van der Waals surface area contributed by atoms with Gasteiger partial charge in [0.25, 0.3) is 0 Å². The van der Waals surface area contributed by atoms with Crippen molar-refractivity contribution in [3.05, 3.63) is 35.9 Å². The molecule has 2 fully saturated rings. The molecule has 0 aromatic heterocycles. The van der Waals surface area contributed by atoms with Crippen molar-refractivity contribution in [2.45, 2.75) is 167 Å². The van der Waals surface area contributed by atoms with E-state index in [4.69, 9.17) is 14.2 Å². The molecule has 17 heteroatoms. The predicted molar refractivity (Wildman–Crippen MR) is 260 cm³/mol. The molecular formula is C46H76IN5O9S2. The lowest BCUT2D eigenvalue weighted by atomic mass is 9.89. The fraction of sp³-hybridized carbons (Fsp3) is 0.761. The van der Waals surface area contributed by atoms with Gasteiger partial charge in [0.05, 0.1) is 48.8 Å². The number of carbonyl (C=O) groups excluding carboxylic acids is 5. The van der Waals surface area contributed by atoms with Crippen molar-refractivity contribution in [3.63, 3.8) is 0 Å². The average molecular weight is 1030 g/mol. The van der Waals surface area contributed by atoms with Gasteiger partial charge in [-0.05, 0) is 76.7 Å². The smallest absolute Gasteiger partial charge is 0.410 e. The molecule has 1 heterocycles. The standard InChI is InChI=1S/C46H76IN5O9S2/c1-13-29(6)40(50(9)45(57)38(27(2)3)49-44(56)39(28(4)5)51(10)46(58)61-33-21-23-34(24-22-33)62-63-47)36(59-11)26-37(53)52-25-17-20-35(52)42(60-12)30(7)43(55)48-31(8)41(54)32-18-15-14-16-19-32/h14-16,18-19,27-31,33-36,38-42,54H,13,17,20-26H2,1-12H3,(H,48,55)(H,49,56)/t29-,30+,31+,33?,34?,35-,36+,38-,39-,40-,41+,42+/m0/s1. The number of benzene rings is 1. The highest BCUT2D eigenvalue weighted by molar-refractivity contribution is 14.2. The maximum atomic E-state index is 14.6. The molecule has 0 bridgehead atoms. The summed E-state index contributed by atoms with van der Waals surface area (Å²) in [5.74, 6) is -2.52. The first kappa shape index (κ1) is 55.0. The summed E-state index contributed by atoms with van der Waals surface area (Å²) in [7, 11) is 9.93. The van der Waals surface area contributed by atoms with E-state index in [1.54, 1.807) is 59.9 Å². The van der Waals surface area contributed by atoms with Crippen LogP contribution in [-0.2, 0) is 33.4 Å². The van der Waals surface area contributed by atoms with Crippen LogP contribution < -0.4 is 10.6 Å². The topological polar surface area (TPSA) is 167 Å². The van der Waals surface area contributed by atoms with Crippen molar-refractivity contribution in [1.82, 2.24) is 25.3 Å². The van der Waals surface area contributed by atoms with Crippen LogP contribution in [0.15, 0.2) is 30.3 Å². The van der Waals surface area contributed by atoms with E-state index in [-0.39, 0.29) is 54.0 Å². The third kappa shape index (κ3) is 15.1. The second-order valence-electron chi connectivity index (χ2n) is 18.2.